The Balaban J connectivity index is 1.78. The number of anilines is 1. The van der Waals surface area contributed by atoms with Gasteiger partial charge in [0.25, 0.3) is 5.91 Å². The maximum atomic E-state index is 12.2. The summed E-state index contributed by atoms with van der Waals surface area (Å²) in [6.07, 6.45) is 0. The molecular formula is C21H15Cl3N2O3. The number of amides is 3. The van der Waals surface area contributed by atoms with Crippen molar-refractivity contribution in [1.29, 1.82) is 0 Å². The van der Waals surface area contributed by atoms with E-state index in [0.29, 0.717) is 32.6 Å². The molecule has 3 rings (SSSR count). The van der Waals surface area contributed by atoms with Crippen LogP contribution in [0.3, 0.4) is 0 Å². The summed E-state index contributed by atoms with van der Waals surface area (Å²) in [7, 11) is 1.50. The maximum absolute atomic E-state index is 12.2. The third kappa shape index (κ3) is 4.82. The Bertz CT molecular complexity index is 1090. The normalized spacial score (nSPS) is 10.3. The minimum Gasteiger partial charge on any atom is -0.496 e. The van der Waals surface area contributed by atoms with E-state index in [4.69, 9.17) is 39.5 Å². The van der Waals surface area contributed by atoms with Gasteiger partial charge in [0.1, 0.15) is 5.75 Å². The van der Waals surface area contributed by atoms with Gasteiger partial charge in [-0.25, -0.2) is 4.79 Å². The van der Waals surface area contributed by atoms with Crippen LogP contribution in [0.25, 0.3) is 11.1 Å². The lowest BCUT2D eigenvalue weighted by molar-refractivity contribution is 0.0967. The highest BCUT2D eigenvalue weighted by Crippen LogP contribution is 2.39. The number of rotatable bonds is 4. The van der Waals surface area contributed by atoms with E-state index in [9.17, 15) is 9.59 Å². The standard InChI is InChI=1S/C21H15Cl3N2O3/c1-29-18-11-12(9-10-13(18)14-6-4-8-17(23)19(14)24)25-21(28)26-20(27)15-5-2-3-7-16(15)22/h2-11H,1H3,(H2,25,26,27,28). The number of hydrogen-bond acceptors (Lipinski definition) is 3. The molecule has 0 aromatic heterocycles. The van der Waals surface area contributed by atoms with E-state index >= 15 is 0 Å². The van der Waals surface area contributed by atoms with Gasteiger partial charge in [0.2, 0.25) is 0 Å². The molecule has 0 aliphatic heterocycles. The molecule has 0 saturated carbocycles. The molecular weight excluding hydrogens is 435 g/mol. The Labute approximate surface area is 182 Å². The van der Waals surface area contributed by atoms with Crippen LogP contribution in [-0.4, -0.2) is 19.0 Å². The molecule has 3 aromatic rings. The summed E-state index contributed by atoms with van der Waals surface area (Å²) in [4.78, 5) is 24.4. The number of methoxy groups -OCH3 is 1. The Kier molecular flexibility index (Phi) is 6.64. The van der Waals surface area contributed by atoms with Crippen molar-refractivity contribution in [3.05, 3.63) is 81.3 Å². The first-order chi connectivity index (χ1) is 13.9. The van der Waals surface area contributed by atoms with E-state index < -0.39 is 11.9 Å². The zero-order valence-electron chi connectivity index (χ0n) is 15.1. The van der Waals surface area contributed by atoms with Gasteiger partial charge in [-0.3, -0.25) is 10.1 Å². The molecule has 0 aliphatic rings. The number of nitrogens with one attached hydrogen (secondary N) is 2. The van der Waals surface area contributed by atoms with Crippen LogP contribution in [0, 0.1) is 0 Å². The lowest BCUT2D eigenvalue weighted by atomic mass is 10.0. The van der Waals surface area contributed by atoms with Crippen LogP contribution in [0.5, 0.6) is 5.75 Å². The van der Waals surface area contributed by atoms with Crippen molar-refractivity contribution in [3.63, 3.8) is 0 Å². The SMILES string of the molecule is COc1cc(NC(=O)NC(=O)c2ccccc2Cl)ccc1-c1cccc(Cl)c1Cl. The number of benzene rings is 3. The highest BCUT2D eigenvalue weighted by atomic mass is 35.5. The molecule has 0 radical (unpaired) electrons. The Morgan fingerprint density at radius 2 is 1.59 bits per heavy atom. The first-order valence-electron chi connectivity index (χ1n) is 8.40. The van der Waals surface area contributed by atoms with Gasteiger partial charge in [0, 0.05) is 22.9 Å². The molecule has 8 heteroatoms. The lowest BCUT2D eigenvalue weighted by Crippen LogP contribution is -2.34. The summed E-state index contributed by atoms with van der Waals surface area (Å²) >= 11 is 18.4. The van der Waals surface area contributed by atoms with Gasteiger partial charge in [0.15, 0.2) is 0 Å². The molecule has 0 atom stereocenters. The number of ether oxygens (including phenoxy) is 1. The molecule has 0 saturated heterocycles. The van der Waals surface area contributed by atoms with E-state index in [1.165, 1.54) is 13.2 Å². The van der Waals surface area contributed by atoms with Crippen LogP contribution in [0.15, 0.2) is 60.7 Å². The zero-order chi connectivity index (χ0) is 21.0. The second-order valence-electron chi connectivity index (χ2n) is 5.90. The largest absolute Gasteiger partial charge is 0.496 e. The predicted octanol–water partition coefficient (Wildman–Crippen LogP) is 6.28. The van der Waals surface area contributed by atoms with E-state index in [0.717, 1.165) is 0 Å². The third-order valence-corrected chi connectivity index (χ3v) is 5.20. The molecule has 5 nitrogen and oxygen atoms in total. The number of carbonyl (C=O) groups is 2. The summed E-state index contributed by atoms with van der Waals surface area (Å²) in [5.41, 5.74) is 2.03. The van der Waals surface area contributed by atoms with Crippen LogP contribution in [-0.2, 0) is 0 Å². The Hall–Kier alpha value is -2.73. The molecule has 148 valence electrons. The van der Waals surface area contributed by atoms with Crippen LogP contribution in [0.2, 0.25) is 15.1 Å². The van der Waals surface area contributed by atoms with Crippen molar-refractivity contribution in [2.75, 3.05) is 12.4 Å². The number of halogens is 3. The first-order valence-corrected chi connectivity index (χ1v) is 9.53. The molecule has 0 heterocycles. The van der Waals surface area contributed by atoms with Gasteiger partial charge in [-0.15, -0.1) is 0 Å². The number of urea groups is 1. The van der Waals surface area contributed by atoms with Crippen molar-refractivity contribution in [1.82, 2.24) is 5.32 Å². The molecule has 0 bridgehead atoms. The zero-order valence-corrected chi connectivity index (χ0v) is 17.4. The van der Waals surface area contributed by atoms with Crippen molar-refractivity contribution >= 4 is 52.4 Å². The van der Waals surface area contributed by atoms with Crippen LogP contribution in [0.1, 0.15) is 10.4 Å². The summed E-state index contributed by atoms with van der Waals surface area (Å²) < 4.78 is 5.43. The van der Waals surface area contributed by atoms with Crippen molar-refractivity contribution < 1.29 is 14.3 Å². The minimum absolute atomic E-state index is 0.202. The van der Waals surface area contributed by atoms with E-state index in [1.807, 2.05) is 6.07 Å². The lowest BCUT2D eigenvalue weighted by Gasteiger charge is -2.13. The minimum atomic E-state index is -0.703. The van der Waals surface area contributed by atoms with Gasteiger partial charge in [-0.1, -0.05) is 59.1 Å². The summed E-state index contributed by atoms with van der Waals surface area (Å²) in [5.74, 6) is -0.133. The van der Waals surface area contributed by atoms with Crippen LogP contribution in [0.4, 0.5) is 10.5 Å². The van der Waals surface area contributed by atoms with Gasteiger partial charge < -0.3 is 10.1 Å². The topological polar surface area (TPSA) is 67.4 Å². The van der Waals surface area contributed by atoms with E-state index in [-0.39, 0.29) is 10.6 Å². The van der Waals surface area contributed by atoms with E-state index in [1.54, 1.807) is 48.5 Å². The molecule has 0 unspecified atom stereocenters. The highest BCUT2D eigenvalue weighted by Gasteiger charge is 2.15. The third-order valence-electron chi connectivity index (χ3n) is 4.05. The quantitative estimate of drug-likeness (QED) is 0.492. The predicted molar refractivity (Wildman–Crippen MR) is 116 cm³/mol. The highest BCUT2D eigenvalue weighted by molar-refractivity contribution is 6.43. The fourth-order valence-electron chi connectivity index (χ4n) is 2.68. The second kappa shape index (κ2) is 9.18. The average molecular weight is 450 g/mol. The number of hydrogen-bond donors (Lipinski definition) is 2. The number of carbonyl (C=O) groups excluding carboxylic acids is 2. The van der Waals surface area contributed by atoms with Gasteiger partial charge in [-0.2, -0.15) is 0 Å². The second-order valence-corrected chi connectivity index (χ2v) is 7.10. The van der Waals surface area contributed by atoms with Crippen molar-refractivity contribution in [2.45, 2.75) is 0 Å². The smallest absolute Gasteiger partial charge is 0.326 e. The average Bonchev–Trinajstić information content (AvgIpc) is 2.70. The van der Waals surface area contributed by atoms with Gasteiger partial charge in [0.05, 0.1) is 27.7 Å². The van der Waals surface area contributed by atoms with Crippen LogP contribution < -0.4 is 15.4 Å². The molecule has 29 heavy (non-hydrogen) atoms. The molecule has 0 spiro atoms. The van der Waals surface area contributed by atoms with Crippen molar-refractivity contribution in [3.8, 4) is 16.9 Å². The monoisotopic (exact) mass is 448 g/mol. The van der Waals surface area contributed by atoms with Gasteiger partial charge >= 0.3 is 6.03 Å². The molecule has 3 aromatic carbocycles. The molecule has 0 aliphatic carbocycles. The summed E-state index contributed by atoms with van der Waals surface area (Å²) in [6, 6.07) is 16.0. The Morgan fingerprint density at radius 1 is 0.862 bits per heavy atom. The molecule has 0 fully saturated rings. The molecule has 3 amide bonds. The first kappa shape index (κ1) is 21.0. The molecule has 2 N–H and O–H groups in total. The fourth-order valence-corrected chi connectivity index (χ4v) is 3.31. The summed E-state index contributed by atoms with van der Waals surface area (Å²) in [6.45, 7) is 0. The van der Waals surface area contributed by atoms with Gasteiger partial charge in [-0.05, 0) is 30.3 Å². The number of imide groups is 1. The van der Waals surface area contributed by atoms with Crippen LogP contribution >= 0.6 is 34.8 Å². The van der Waals surface area contributed by atoms with E-state index in [2.05, 4.69) is 10.6 Å². The Morgan fingerprint density at radius 3 is 2.31 bits per heavy atom. The fraction of sp³-hybridized carbons (Fsp3) is 0.0476. The summed E-state index contributed by atoms with van der Waals surface area (Å²) in [5, 5.41) is 5.90. The maximum Gasteiger partial charge on any atom is 0.326 e. The van der Waals surface area contributed by atoms with Crippen molar-refractivity contribution in [2.24, 2.45) is 0 Å².